The zero-order chi connectivity index (χ0) is 17.5. The van der Waals surface area contributed by atoms with Crippen molar-refractivity contribution in [3.63, 3.8) is 0 Å². The molecule has 1 nitrogen and oxygen atoms in total. The molecule has 0 aliphatic carbocycles. The van der Waals surface area contributed by atoms with E-state index in [2.05, 4.69) is 27.8 Å². The molecule has 10 heteroatoms. The summed E-state index contributed by atoms with van der Waals surface area (Å²) in [6.45, 7) is 3.50. The van der Waals surface area contributed by atoms with Crippen molar-refractivity contribution in [2.45, 2.75) is 45.6 Å². The number of rotatable bonds is 6. The Balaban J connectivity index is 0. The minimum absolute atomic E-state index is 1.24. The Bertz CT molecular complexity index is 267. The van der Waals surface area contributed by atoms with Crippen LogP contribution in [0.15, 0.2) is 0 Å². The summed E-state index contributed by atoms with van der Waals surface area (Å²) in [5.41, 5.74) is 0. The second-order valence-electron chi connectivity index (χ2n) is 5.02. The number of halogens is 8. The molecule has 0 aromatic rings. The fraction of sp³-hybridized carbons (Fsp3) is 1.00. The van der Waals surface area contributed by atoms with E-state index in [9.17, 15) is 34.9 Å². The molecular weight excluding hydrogens is 309 g/mol. The average Bonchev–Trinajstić information content (AvgIpc) is 2.34. The first kappa shape index (κ1) is 22.7. The maximum absolute atomic E-state index is 11.2. The van der Waals surface area contributed by atoms with Crippen LogP contribution in [0.4, 0.5) is 34.9 Å². The van der Waals surface area contributed by atoms with Gasteiger partial charge in [0.2, 0.25) is 0 Å². The lowest BCUT2D eigenvalue weighted by Crippen LogP contribution is -2.53. The molecule has 0 aliphatic heterocycles. The molecule has 0 bridgehead atoms. The molecule has 0 rings (SSSR count). The van der Waals surface area contributed by atoms with Crippen molar-refractivity contribution in [2.24, 2.45) is 0 Å². The summed E-state index contributed by atoms with van der Waals surface area (Å²) in [4.78, 5) is 0. The fourth-order valence-electron chi connectivity index (χ4n) is 1.27. The van der Waals surface area contributed by atoms with Crippen LogP contribution in [0.1, 0.15) is 33.6 Å². The van der Waals surface area contributed by atoms with Crippen molar-refractivity contribution in [1.82, 2.24) is 0 Å². The van der Waals surface area contributed by atoms with Crippen LogP contribution in [0.5, 0.6) is 0 Å². The molecule has 130 valence electrons. The van der Waals surface area contributed by atoms with Gasteiger partial charge in [-0.1, -0.05) is 13.3 Å². The smallest absolute Gasteiger partial charge is 0.445 e. The van der Waals surface area contributed by atoms with Gasteiger partial charge in [0.15, 0.2) is 0 Å². The quantitative estimate of drug-likeness (QED) is 0.371. The monoisotopic (exact) mass is 331 g/mol. The number of alkyl halides is 5. The van der Waals surface area contributed by atoms with Gasteiger partial charge in [-0.15, -0.1) is 0 Å². The van der Waals surface area contributed by atoms with Gasteiger partial charge in [0.1, 0.15) is 0 Å². The molecule has 0 atom stereocenters. The van der Waals surface area contributed by atoms with Gasteiger partial charge in [-0.2, -0.15) is 13.2 Å². The maximum Gasteiger partial charge on any atom is 0.558 e. The van der Waals surface area contributed by atoms with Crippen molar-refractivity contribution in [1.29, 1.82) is 0 Å². The summed E-state index contributed by atoms with van der Waals surface area (Å²) in [5, 5.41) is 0. The zero-order valence-electron chi connectivity index (χ0n) is 12.6. The van der Waals surface area contributed by atoms with Gasteiger partial charge in [-0.05, 0) is 20.3 Å². The van der Waals surface area contributed by atoms with E-state index in [0.717, 1.165) is 0 Å². The second-order valence-corrected chi connectivity index (χ2v) is 5.02. The Hall–Kier alpha value is -0.535. The Labute approximate surface area is 119 Å². The number of unbranched alkanes of at least 4 members (excludes halogenated alkanes) is 1. The molecule has 0 N–H and O–H groups in total. The highest BCUT2D eigenvalue weighted by Crippen LogP contribution is 2.43. The minimum Gasteiger partial charge on any atom is -0.445 e. The van der Waals surface area contributed by atoms with E-state index >= 15 is 0 Å². The summed E-state index contributed by atoms with van der Waals surface area (Å²) in [6, 6.07) is 0. The SMILES string of the molecule is CCCC[N+](C)(CC)CC.F[B-](F)(F)C(F)(F)C(F)(F)F. The molecule has 0 unspecified atom stereocenters. The number of hydrogen-bond acceptors (Lipinski definition) is 0. The van der Waals surface area contributed by atoms with E-state index in [4.69, 9.17) is 0 Å². The van der Waals surface area contributed by atoms with Gasteiger partial charge in [0, 0.05) is 0 Å². The van der Waals surface area contributed by atoms with E-state index in [1.54, 1.807) is 0 Å². The van der Waals surface area contributed by atoms with Gasteiger partial charge in [0.05, 0.1) is 26.7 Å². The van der Waals surface area contributed by atoms with Gasteiger partial charge in [0.25, 0.3) is 0 Å². The van der Waals surface area contributed by atoms with E-state index in [0.29, 0.717) is 0 Å². The molecule has 21 heavy (non-hydrogen) atoms. The van der Waals surface area contributed by atoms with Gasteiger partial charge in [-0.3, -0.25) is 0 Å². The normalized spacial score (nSPS) is 13.7. The highest BCUT2D eigenvalue weighted by molar-refractivity contribution is 6.61. The summed E-state index contributed by atoms with van der Waals surface area (Å²) < 4.78 is 89.1. The Kier molecular flexibility index (Phi) is 8.87. The zero-order valence-corrected chi connectivity index (χ0v) is 12.6. The van der Waals surface area contributed by atoms with Crippen LogP contribution in [-0.2, 0) is 0 Å². The highest BCUT2D eigenvalue weighted by atomic mass is 19.4. The molecule has 0 spiro atoms. The van der Waals surface area contributed by atoms with E-state index < -0.39 is 19.0 Å². The number of quaternary nitrogens is 1. The Morgan fingerprint density at radius 1 is 0.857 bits per heavy atom. The predicted octanol–water partition coefficient (Wildman–Crippen LogP) is 4.84. The molecule has 0 amide bonds. The third-order valence-corrected chi connectivity index (χ3v) is 3.37. The number of nitrogens with zero attached hydrogens (tertiary/aromatic N) is 1. The first-order chi connectivity index (χ1) is 9.18. The molecular formula is C11H22BF8N. The van der Waals surface area contributed by atoms with E-state index in [1.165, 1.54) is 37.0 Å². The summed E-state index contributed by atoms with van der Waals surface area (Å²) in [5.74, 6) is -6.56. The van der Waals surface area contributed by atoms with Gasteiger partial charge in [-0.25, -0.2) is 8.78 Å². The second kappa shape index (κ2) is 8.19. The highest BCUT2D eigenvalue weighted by Gasteiger charge is 2.69. The Morgan fingerprint density at radius 3 is 1.38 bits per heavy atom. The standard InChI is InChI=1S/C9H22N.C2BF8/c1-5-8-9-10(4,6-2)7-3;4-1(5,2(6,7)8)3(9,10)11/h5-9H2,1-4H3;/q+1;-1. The van der Waals surface area contributed by atoms with E-state index in [1.807, 2.05) is 0 Å². The van der Waals surface area contributed by atoms with Crippen molar-refractivity contribution in [3.05, 3.63) is 0 Å². The molecule has 0 saturated heterocycles. The fourth-order valence-corrected chi connectivity index (χ4v) is 1.27. The largest absolute Gasteiger partial charge is 0.558 e. The molecule has 0 aromatic heterocycles. The molecule has 0 aliphatic rings. The molecule has 0 fully saturated rings. The molecule has 0 aromatic carbocycles. The minimum atomic E-state index is -7.21. The lowest BCUT2D eigenvalue weighted by atomic mass is 9.80. The van der Waals surface area contributed by atoms with Crippen LogP contribution in [0.3, 0.4) is 0 Å². The molecule has 0 saturated carbocycles. The van der Waals surface area contributed by atoms with Crippen molar-refractivity contribution in [3.8, 4) is 0 Å². The van der Waals surface area contributed by atoms with Crippen molar-refractivity contribution < 1.29 is 39.4 Å². The summed E-state index contributed by atoms with van der Waals surface area (Å²) in [7, 11) is 2.34. The third kappa shape index (κ3) is 7.33. The van der Waals surface area contributed by atoms with Gasteiger partial charge >= 0.3 is 19.0 Å². The predicted molar refractivity (Wildman–Crippen MR) is 67.1 cm³/mol. The Morgan fingerprint density at radius 2 is 1.24 bits per heavy atom. The van der Waals surface area contributed by atoms with Crippen LogP contribution in [0, 0.1) is 0 Å². The van der Waals surface area contributed by atoms with Crippen LogP contribution < -0.4 is 0 Å². The third-order valence-electron chi connectivity index (χ3n) is 3.37. The van der Waals surface area contributed by atoms with Crippen LogP contribution in [-0.4, -0.2) is 50.1 Å². The van der Waals surface area contributed by atoms with Crippen molar-refractivity contribution in [2.75, 3.05) is 26.7 Å². The molecule has 0 radical (unpaired) electrons. The first-order valence-electron chi connectivity index (χ1n) is 6.66. The summed E-state index contributed by atoms with van der Waals surface area (Å²) in [6.07, 6.45) is -3.85. The molecule has 0 heterocycles. The van der Waals surface area contributed by atoms with E-state index in [-0.39, 0.29) is 0 Å². The van der Waals surface area contributed by atoms with Crippen molar-refractivity contribution >= 4 is 6.98 Å². The van der Waals surface area contributed by atoms with Crippen LogP contribution >= 0.6 is 0 Å². The maximum atomic E-state index is 11.2. The van der Waals surface area contributed by atoms with Crippen LogP contribution in [0.25, 0.3) is 0 Å². The average molecular weight is 331 g/mol. The summed E-state index contributed by atoms with van der Waals surface area (Å²) >= 11 is 0. The van der Waals surface area contributed by atoms with Gasteiger partial charge < -0.3 is 17.4 Å². The number of hydrogen-bond donors (Lipinski definition) is 0. The lowest BCUT2D eigenvalue weighted by molar-refractivity contribution is -0.906. The van der Waals surface area contributed by atoms with Crippen LogP contribution in [0.2, 0.25) is 0 Å². The lowest BCUT2D eigenvalue weighted by Gasteiger charge is -2.31. The topological polar surface area (TPSA) is 0 Å². The first-order valence-corrected chi connectivity index (χ1v) is 6.66.